The van der Waals surface area contributed by atoms with Crippen molar-refractivity contribution in [3.8, 4) is 0 Å². The Kier molecular flexibility index (Phi) is 3.47. The van der Waals surface area contributed by atoms with E-state index in [4.69, 9.17) is 0 Å². The van der Waals surface area contributed by atoms with Gasteiger partial charge >= 0.3 is 0 Å². The highest BCUT2D eigenvalue weighted by atomic mass is 16.2. The van der Waals surface area contributed by atoms with Crippen LogP contribution in [0.5, 0.6) is 0 Å². The summed E-state index contributed by atoms with van der Waals surface area (Å²) in [6, 6.07) is 0. The zero-order valence-corrected chi connectivity index (χ0v) is 11.5. The number of hydrogen-bond acceptors (Lipinski definition) is 5. The summed E-state index contributed by atoms with van der Waals surface area (Å²) in [5.74, 6) is -2.06. The molecule has 1 heterocycles. The summed E-state index contributed by atoms with van der Waals surface area (Å²) in [7, 11) is 0. The van der Waals surface area contributed by atoms with Crippen LogP contribution in [-0.2, 0) is 14.4 Å². The van der Waals surface area contributed by atoms with Crippen LogP contribution in [0.1, 0.15) is 40.0 Å². The van der Waals surface area contributed by atoms with Crippen LogP contribution < -0.4 is 0 Å². The fourth-order valence-electron chi connectivity index (χ4n) is 2.55. The Morgan fingerprint density at radius 3 is 2.32 bits per heavy atom. The third kappa shape index (κ3) is 2.69. The molecular weight excluding hydrogens is 244 g/mol. The van der Waals surface area contributed by atoms with Gasteiger partial charge in [-0.15, -0.1) is 0 Å². The number of nitrogens with zero attached hydrogens (tertiary/aromatic N) is 2. The number of rotatable bonds is 3. The number of Topliss-reactive ketones (excluding diaryl/α,β-unsaturated/α-hetero) is 3. The van der Waals surface area contributed by atoms with Gasteiger partial charge in [-0.1, -0.05) is 6.92 Å². The fraction of sp³-hybridized carbons (Fsp3) is 0.643. The van der Waals surface area contributed by atoms with Crippen LogP contribution in [0.15, 0.2) is 22.0 Å². The first kappa shape index (κ1) is 13.8. The number of allylic oxidation sites excluding steroid dienone is 1. The van der Waals surface area contributed by atoms with Crippen molar-refractivity contribution in [2.24, 2.45) is 22.1 Å². The molecule has 1 aliphatic heterocycles. The molecule has 0 unspecified atom stereocenters. The lowest BCUT2D eigenvalue weighted by atomic mass is 9.76. The first-order chi connectivity index (χ1) is 8.84. The van der Waals surface area contributed by atoms with Gasteiger partial charge in [0.1, 0.15) is 5.92 Å². The monoisotopic (exact) mass is 262 g/mol. The summed E-state index contributed by atoms with van der Waals surface area (Å²) >= 11 is 0. The largest absolute Gasteiger partial charge is 0.298 e. The van der Waals surface area contributed by atoms with E-state index in [0.717, 1.165) is 0 Å². The van der Waals surface area contributed by atoms with Crippen LogP contribution in [0.3, 0.4) is 0 Å². The molecule has 102 valence electrons. The van der Waals surface area contributed by atoms with E-state index < -0.39 is 5.92 Å². The lowest BCUT2D eigenvalue weighted by molar-refractivity contribution is -0.143. The molecule has 2 aliphatic rings. The Labute approximate surface area is 112 Å². The molecule has 0 aromatic heterocycles. The third-order valence-corrected chi connectivity index (χ3v) is 3.55. The lowest BCUT2D eigenvalue weighted by Gasteiger charge is -2.24. The summed E-state index contributed by atoms with van der Waals surface area (Å²) < 4.78 is 0. The van der Waals surface area contributed by atoms with E-state index in [9.17, 15) is 14.4 Å². The molecule has 1 fully saturated rings. The predicted octanol–water partition coefficient (Wildman–Crippen LogP) is 2.26. The first-order valence-corrected chi connectivity index (χ1v) is 6.58. The molecule has 0 N–H and O–H groups in total. The topological polar surface area (TPSA) is 75.9 Å². The van der Waals surface area contributed by atoms with Crippen LogP contribution in [0.2, 0.25) is 0 Å². The average molecular weight is 262 g/mol. The van der Waals surface area contributed by atoms with Crippen LogP contribution in [0.25, 0.3) is 0 Å². The van der Waals surface area contributed by atoms with Gasteiger partial charge in [0.15, 0.2) is 17.3 Å². The van der Waals surface area contributed by atoms with Crippen molar-refractivity contribution in [1.82, 2.24) is 0 Å². The van der Waals surface area contributed by atoms with Crippen molar-refractivity contribution in [1.29, 1.82) is 0 Å². The third-order valence-electron chi connectivity index (χ3n) is 3.55. The van der Waals surface area contributed by atoms with Crippen molar-refractivity contribution < 1.29 is 14.4 Å². The maximum absolute atomic E-state index is 12.0. The van der Waals surface area contributed by atoms with Gasteiger partial charge in [0.2, 0.25) is 0 Å². The second-order valence-corrected chi connectivity index (χ2v) is 5.71. The Morgan fingerprint density at radius 2 is 1.89 bits per heavy atom. The van der Waals surface area contributed by atoms with Gasteiger partial charge in [-0.05, 0) is 19.9 Å². The highest BCUT2D eigenvalue weighted by Crippen LogP contribution is 2.35. The summed E-state index contributed by atoms with van der Waals surface area (Å²) in [5, 5.41) is 8.16. The average Bonchev–Trinajstić information content (AvgIpc) is 2.68. The molecule has 0 saturated heterocycles. The molecule has 5 nitrogen and oxygen atoms in total. The molecule has 0 bridgehead atoms. The quantitative estimate of drug-likeness (QED) is 0.732. The zero-order chi connectivity index (χ0) is 14.2. The molecule has 0 aromatic carbocycles. The van der Waals surface area contributed by atoms with E-state index in [-0.39, 0.29) is 48.1 Å². The van der Waals surface area contributed by atoms with Crippen LogP contribution in [0, 0.1) is 11.8 Å². The number of carbonyl (C=O) groups is 3. The van der Waals surface area contributed by atoms with E-state index in [1.165, 1.54) is 0 Å². The number of azo groups is 1. The molecule has 19 heavy (non-hydrogen) atoms. The summed E-state index contributed by atoms with van der Waals surface area (Å²) in [4.78, 5) is 35.6. The normalized spacial score (nSPS) is 29.5. The van der Waals surface area contributed by atoms with Gasteiger partial charge < -0.3 is 0 Å². The van der Waals surface area contributed by atoms with Gasteiger partial charge in [-0.25, -0.2) is 0 Å². The molecule has 5 heteroatoms. The van der Waals surface area contributed by atoms with Crippen molar-refractivity contribution in [2.45, 2.75) is 45.6 Å². The molecular formula is C14H18N2O3. The molecule has 0 atom stereocenters. The predicted molar refractivity (Wildman–Crippen MR) is 68.5 cm³/mol. The smallest absolute Gasteiger partial charge is 0.151 e. The number of ketones is 3. The molecule has 1 saturated carbocycles. The Morgan fingerprint density at radius 1 is 1.32 bits per heavy atom. The van der Waals surface area contributed by atoms with Gasteiger partial charge in [-0.3, -0.25) is 14.4 Å². The van der Waals surface area contributed by atoms with Gasteiger partial charge in [-0.2, -0.15) is 10.2 Å². The highest BCUT2D eigenvalue weighted by Gasteiger charge is 2.41. The highest BCUT2D eigenvalue weighted by molar-refractivity contribution is 6.20. The molecule has 0 radical (unpaired) electrons. The van der Waals surface area contributed by atoms with Crippen molar-refractivity contribution in [3.05, 3.63) is 11.8 Å². The standard InChI is InChI=1S/C14H18N2O3/c1-4-10(17)13-11(18)5-8(6-12(13)19)9-7-14(2,3)16-15-9/h7-8,13H,4-6H2,1-3H3. The van der Waals surface area contributed by atoms with Crippen LogP contribution in [-0.4, -0.2) is 22.9 Å². The first-order valence-electron chi connectivity index (χ1n) is 6.58. The summed E-state index contributed by atoms with van der Waals surface area (Å²) in [6.07, 6.45) is 2.54. The minimum atomic E-state index is -1.03. The lowest BCUT2D eigenvalue weighted by Crippen LogP contribution is -2.38. The van der Waals surface area contributed by atoms with E-state index in [2.05, 4.69) is 10.2 Å². The van der Waals surface area contributed by atoms with Crippen molar-refractivity contribution >= 4 is 17.3 Å². The second kappa shape index (κ2) is 4.79. The second-order valence-electron chi connectivity index (χ2n) is 5.71. The molecule has 0 amide bonds. The molecule has 2 rings (SSSR count). The van der Waals surface area contributed by atoms with E-state index in [1.807, 2.05) is 19.9 Å². The molecule has 0 aromatic rings. The SMILES string of the molecule is CCC(=O)C1C(=O)CC(C2=CC(C)(C)N=N2)CC1=O. The van der Waals surface area contributed by atoms with Gasteiger partial charge in [0.25, 0.3) is 0 Å². The van der Waals surface area contributed by atoms with Gasteiger partial charge in [0.05, 0.1) is 11.2 Å². The Balaban J connectivity index is 2.15. The van der Waals surface area contributed by atoms with E-state index in [0.29, 0.717) is 5.70 Å². The van der Waals surface area contributed by atoms with Crippen LogP contribution >= 0.6 is 0 Å². The maximum atomic E-state index is 12.0. The Bertz CT molecular complexity index is 485. The van der Waals surface area contributed by atoms with Crippen molar-refractivity contribution in [3.63, 3.8) is 0 Å². The fourth-order valence-corrected chi connectivity index (χ4v) is 2.55. The summed E-state index contributed by atoms with van der Waals surface area (Å²) in [6.45, 7) is 5.50. The number of carbonyl (C=O) groups excluding carboxylic acids is 3. The summed E-state index contributed by atoms with van der Waals surface area (Å²) in [5.41, 5.74) is 0.339. The Hall–Kier alpha value is -1.65. The molecule has 0 spiro atoms. The molecule has 1 aliphatic carbocycles. The van der Waals surface area contributed by atoms with Crippen molar-refractivity contribution in [2.75, 3.05) is 0 Å². The minimum Gasteiger partial charge on any atom is -0.298 e. The minimum absolute atomic E-state index is 0.211. The van der Waals surface area contributed by atoms with Crippen LogP contribution in [0.4, 0.5) is 0 Å². The van der Waals surface area contributed by atoms with E-state index in [1.54, 1.807) is 6.92 Å². The van der Waals surface area contributed by atoms with E-state index >= 15 is 0 Å². The zero-order valence-electron chi connectivity index (χ0n) is 11.5. The maximum Gasteiger partial charge on any atom is 0.151 e. The number of hydrogen-bond donors (Lipinski definition) is 0. The van der Waals surface area contributed by atoms with Gasteiger partial charge in [0, 0.05) is 25.2 Å².